The number of carbonyl (C=O) groups excluding carboxylic acids is 1. The Labute approximate surface area is 233 Å². The molecular weight excluding hydrogens is 512 g/mol. The number of ether oxygens (including phenoxy) is 4. The van der Waals surface area contributed by atoms with Crippen molar-refractivity contribution in [1.29, 1.82) is 0 Å². The molecule has 0 aliphatic carbocycles. The van der Waals surface area contributed by atoms with Gasteiger partial charge in [-0.3, -0.25) is 4.79 Å². The highest BCUT2D eigenvalue weighted by molar-refractivity contribution is 6.01. The van der Waals surface area contributed by atoms with Crippen molar-refractivity contribution in [3.05, 3.63) is 95.4 Å². The van der Waals surface area contributed by atoms with Gasteiger partial charge in [0.05, 0.1) is 33.5 Å². The van der Waals surface area contributed by atoms with E-state index in [-0.39, 0.29) is 25.6 Å². The van der Waals surface area contributed by atoms with E-state index in [1.807, 2.05) is 67.6 Å². The molecule has 0 aliphatic heterocycles. The van der Waals surface area contributed by atoms with Gasteiger partial charge in [-0.25, -0.2) is 4.98 Å². The Hall–Kier alpha value is -4.79. The summed E-state index contributed by atoms with van der Waals surface area (Å²) in [5.74, 6) is 2.27. The minimum absolute atomic E-state index is 0.143. The number of methoxy groups -OCH3 is 3. The lowest BCUT2D eigenvalue weighted by Gasteiger charge is -2.15. The molecule has 0 saturated heterocycles. The largest absolute Gasteiger partial charge is 0.493 e. The van der Waals surface area contributed by atoms with Gasteiger partial charge in [0.2, 0.25) is 11.6 Å². The Morgan fingerprint density at radius 1 is 0.875 bits per heavy atom. The lowest BCUT2D eigenvalue weighted by molar-refractivity contribution is -0.140. The summed E-state index contributed by atoms with van der Waals surface area (Å²) in [5.41, 5.74) is 3.82. The van der Waals surface area contributed by atoms with Crippen molar-refractivity contribution in [3.8, 4) is 28.7 Å². The first kappa shape index (κ1) is 28.2. The van der Waals surface area contributed by atoms with Crippen LogP contribution in [0, 0.1) is 6.92 Å². The zero-order chi connectivity index (χ0) is 28.3. The smallest absolute Gasteiger partial charge is 0.305 e. The molecule has 40 heavy (non-hydrogen) atoms. The molecule has 0 radical (unpaired) electrons. The van der Waals surface area contributed by atoms with Crippen LogP contribution in [0.4, 0.5) is 0 Å². The molecule has 1 aromatic heterocycles. The summed E-state index contributed by atoms with van der Waals surface area (Å²) in [4.78, 5) is 22.0. The molecule has 0 aliphatic rings. The molecule has 1 heterocycles. The third-order valence-electron chi connectivity index (χ3n) is 6.09. The van der Waals surface area contributed by atoms with Crippen molar-refractivity contribution < 1.29 is 33.0 Å². The van der Waals surface area contributed by atoms with Gasteiger partial charge in [-0.2, -0.15) is 0 Å². The highest BCUT2D eigenvalue weighted by atomic mass is 16.6. The summed E-state index contributed by atoms with van der Waals surface area (Å²) in [6.45, 7) is 2.16. The van der Waals surface area contributed by atoms with Crippen LogP contribution in [0.1, 0.15) is 35.4 Å². The van der Waals surface area contributed by atoms with Crippen LogP contribution < -0.4 is 14.2 Å². The van der Waals surface area contributed by atoms with E-state index in [0.29, 0.717) is 46.7 Å². The second-order valence-electron chi connectivity index (χ2n) is 8.76. The maximum Gasteiger partial charge on any atom is 0.305 e. The Kier molecular flexibility index (Phi) is 9.77. The van der Waals surface area contributed by atoms with E-state index in [4.69, 9.17) is 28.2 Å². The van der Waals surface area contributed by atoms with Gasteiger partial charge in [0.15, 0.2) is 11.5 Å². The molecule has 9 nitrogen and oxygen atoms in total. The van der Waals surface area contributed by atoms with E-state index in [9.17, 15) is 4.79 Å². The van der Waals surface area contributed by atoms with E-state index in [1.54, 1.807) is 26.4 Å². The van der Waals surface area contributed by atoms with E-state index in [1.165, 1.54) is 7.11 Å². The number of hydrogen-bond donors (Lipinski definition) is 0. The number of aryl methyl sites for hydroxylation is 1. The third kappa shape index (κ3) is 7.19. The Bertz CT molecular complexity index is 1410. The molecule has 4 rings (SSSR count). The summed E-state index contributed by atoms with van der Waals surface area (Å²) >= 11 is 0. The summed E-state index contributed by atoms with van der Waals surface area (Å²) < 4.78 is 27.9. The fraction of sp³-hybridized carbons (Fsp3) is 0.258. The first-order chi connectivity index (χ1) is 19.5. The molecule has 0 atom stereocenters. The number of nitrogens with zero attached hydrogens (tertiary/aromatic N) is 2. The minimum Gasteiger partial charge on any atom is -0.493 e. The van der Waals surface area contributed by atoms with Gasteiger partial charge >= 0.3 is 5.97 Å². The standard InChI is InChI=1S/C31H32N2O7/c1-21-26(32-31(40-21)24-13-9-6-10-14-24)20-38-30-27(35-2)17-22(18-28(30)36-3)19-39-33-25(15-16-29(34)37-4)23-11-7-5-8-12-23/h5-14,17-18H,15-16,19-20H2,1-4H3/b33-25-. The van der Waals surface area contributed by atoms with Crippen molar-refractivity contribution in [2.45, 2.75) is 33.0 Å². The minimum atomic E-state index is -0.314. The molecule has 0 N–H and O–H groups in total. The van der Waals surface area contributed by atoms with Crippen LogP contribution in [0.25, 0.3) is 11.5 Å². The highest BCUT2D eigenvalue weighted by Gasteiger charge is 2.18. The molecule has 0 saturated carbocycles. The summed E-state index contributed by atoms with van der Waals surface area (Å²) in [6, 6.07) is 22.8. The molecular formula is C31H32N2O7. The summed E-state index contributed by atoms with van der Waals surface area (Å²) in [5, 5.41) is 4.32. The molecule has 0 unspecified atom stereocenters. The second kappa shape index (κ2) is 13.8. The van der Waals surface area contributed by atoms with Crippen molar-refractivity contribution in [2.24, 2.45) is 5.16 Å². The fourth-order valence-corrected chi connectivity index (χ4v) is 3.95. The zero-order valence-corrected chi connectivity index (χ0v) is 23.0. The quantitative estimate of drug-likeness (QED) is 0.113. The Balaban J connectivity index is 1.48. The number of carbonyl (C=O) groups is 1. The van der Waals surface area contributed by atoms with Crippen molar-refractivity contribution in [3.63, 3.8) is 0 Å². The number of hydrogen-bond acceptors (Lipinski definition) is 9. The van der Waals surface area contributed by atoms with Crippen LogP contribution in [0.5, 0.6) is 17.2 Å². The van der Waals surface area contributed by atoms with Gasteiger partial charge in [0.25, 0.3) is 0 Å². The number of aromatic nitrogens is 1. The van der Waals surface area contributed by atoms with Gasteiger partial charge in [0.1, 0.15) is 24.7 Å². The Morgan fingerprint density at radius 2 is 1.52 bits per heavy atom. The van der Waals surface area contributed by atoms with E-state index >= 15 is 0 Å². The lowest BCUT2D eigenvalue weighted by atomic mass is 10.1. The van der Waals surface area contributed by atoms with Crippen LogP contribution in [0.3, 0.4) is 0 Å². The second-order valence-corrected chi connectivity index (χ2v) is 8.76. The predicted molar refractivity (Wildman–Crippen MR) is 150 cm³/mol. The average Bonchev–Trinajstić information content (AvgIpc) is 3.38. The van der Waals surface area contributed by atoms with Gasteiger partial charge in [-0.05, 0) is 42.3 Å². The number of rotatable bonds is 13. The number of esters is 1. The summed E-state index contributed by atoms with van der Waals surface area (Å²) in [7, 11) is 4.47. The van der Waals surface area contributed by atoms with Crippen LogP contribution in [-0.4, -0.2) is 38.0 Å². The van der Waals surface area contributed by atoms with Crippen LogP contribution in [0.15, 0.2) is 82.4 Å². The molecule has 4 aromatic rings. The third-order valence-corrected chi connectivity index (χ3v) is 6.09. The molecule has 3 aromatic carbocycles. The maximum absolute atomic E-state index is 11.7. The molecule has 0 amide bonds. The zero-order valence-electron chi connectivity index (χ0n) is 23.0. The van der Waals surface area contributed by atoms with Crippen LogP contribution in [0.2, 0.25) is 0 Å². The van der Waals surface area contributed by atoms with Crippen molar-refractivity contribution in [2.75, 3.05) is 21.3 Å². The maximum atomic E-state index is 11.7. The first-order valence-corrected chi connectivity index (χ1v) is 12.7. The Morgan fingerprint density at radius 3 is 2.15 bits per heavy atom. The van der Waals surface area contributed by atoms with Crippen LogP contribution in [-0.2, 0) is 27.6 Å². The van der Waals surface area contributed by atoms with Crippen molar-refractivity contribution in [1.82, 2.24) is 4.98 Å². The van der Waals surface area contributed by atoms with Gasteiger partial charge in [0, 0.05) is 12.0 Å². The number of oxazole rings is 1. The first-order valence-electron chi connectivity index (χ1n) is 12.7. The lowest BCUT2D eigenvalue weighted by Crippen LogP contribution is -2.08. The number of oxime groups is 1. The van der Waals surface area contributed by atoms with E-state index in [2.05, 4.69) is 10.1 Å². The topological polar surface area (TPSA) is 102 Å². The molecule has 9 heteroatoms. The van der Waals surface area contributed by atoms with Gasteiger partial charge < -0.3 is 28.2 Å². The normalized spacial score (nSPS) is 11.2. The van der Waals surface area contributed by atoms with Crippen molar-refractivity contribution >= 4 is 11.7 Å². The van der Waals surface area contributed by atoms with Gasteiger partial charge in [-0.15, -0.1) is 0 Å². The van der Waals surface area contributed by atoms with E-state index < -0.39 is 0 Å². The average molecular weight is 545 g/mol. The van der Waals surface area contributed by atoms with Crippen LogP contribution >= 0.6 is 0 Å². The molecule has 0 bridgehead atoms. The molecule has 208 valence electrons. The fourth-order valence-electron chi connectivity index (χ4n) is 3.95. The predicted octanol–water partition coefficient (Wildman–Crippen LogP) is 6.12. The molecule has 0 fully saturated rings. The molecule has 0 spiro atoms. The monoisotopic (exact) mass is 544 g/mol. The van der Waals surface area contributed by atoms with Gasteiger partial charge in [-0.1, -0.05) is 53.7 Å². The summed E-state index contributed by atoms with van der Waals surface area (Å²) in [6.07, 6.45) is 0.572. The van der Waals surface area contributed by atoms with E-state index in [0.717, 1.165) is 16.7 Å². The highest BCUT2D eigenvalue weighted by Crippen LogP contribution is 2.39. The SMILES string of the molecule is COC(=O)CC/C(=N/OCc1cc(OC)c(OCc2nc(-c3ccccc3)oc2C)c(OC)c1)c1ccccc1. The number of benzene rings is 3.